The molecule has 1 amide bonds. The van der Waals surface area contributed by atoms with Crippen molar-refractivity contribution in [1.82, 2.24) is 19.7 Å². The first-order valence-electron chi connectivity index (χ1n) is 17.8. The van der Waals surface area contributed by atoms with Crippen molar-refractivity contribution in [2.45, 2.75) is 110 Å². The van der Waals surface area contributed by atoms with Crippen LogP contribution >= 0.6 is 0 Å². The number of pyridine rings is 1. The maximum atomic E-state index is 14.5. The van der Waals surface area contributed by atoms with Crippen LogP contribution in [0.25, 0.3) is 10.9 Å². The molecule has 0 bridgehead atoms. The lowest BCUT2D eigenvalue weighted by Gasteiger charge is -2.27. The number of carbonyl (C=O) groups is 4. The van der Waals surface area contributed by atoms with Crippen LogP contribution in [0, 0.1) is 19.3 Å². The van der Waals surface area contributed by atoms with Gasteiger partial charge in [-0.1, -0.05) is 18.2 Å². The van der Waals surface area contributed by atoms with Crippen molar-refractivity contribution < 1.29 is 19.2 Å². The van der Waals surface area contributed by atoms with E-state index in [1.54, 1.807) is 9.58 Å². The molecule has 9 nitrogen and oxygen atoms in total. The monoisotopic (exact) mass is 663 g/mol. The fourth-order valence-electron chi connectivity index (χ4n) is 8.17. The summed E-state index contributed by atoms with van der Waals surface area (Å²) in [6.45, 7) is 14.9. The predicted molar refractivity (Wildman–Crippen MR) is 192 cm³/mol. The molecule has 4 heterocycles. The molecule has 258 valence electrons. The average molecular weight is 664 g/mol. The van der Waals surface area contributed by atoms with E-state index < -0.39 is 6.04 Å². The van der Waals surface area contributed by atoms with E-state index in [4.69, 9.17) is 5.10 Å². The number of anilines is 1. The first-order valence-corrected chi connectivity index (χ1v) is 17.8. The lowest BCUT2D eigenvalue weighted by Crippen LogP contribution is -2.45. The Balaban J connectivity index is 1.31. The van der Waals surface area contributed by atoms with Gasteiger partial charge in [-0.3, -0.25) is 28.8 Å². The molecular formula is C40H49N5O4. The highest BCUT2D eigenvalue weighted by atomic mass is 16.2. The molecule has 3 fully saturated rings. The molecule has 0 spiro atoms. The van der Waals surface area contributed by atoms with Gasteiger partial charge in [-0.05, 0) is 100.0 Å². The third kappa shape index (κ3) is 7.03. The van der Waals surface area contributed by atoms with Crippen LogP contribution in [0.1, 0.15) is 97.7 Å². The Morgan fingerprint density at radius 3 is 2.51 bits per heavy atom. The number of hydrogen-bond acceptors (Lipinski definition) is 7. The quantitative estimate of drug-likeness (QED) is 0.0985. The van der Waals surface area contributed by atoms with E-state index in [0.717, 1.165) is 84.3 Å². The van der Waals surface area contributed by atoms with Crippen LogP contribution in [-0.2, 0) is 33.8 Å². The van der Waals surface area contributed by atoms with Crippen LogP contribution in [0.3, 0.4) is 0 Å². The second kappa shape index (κ2) is 14.2. The molecule has 2 aliphatic heterocycles. The minimum absolute atomic E-state index is 0.0317. The van der Waals surface area contributed by atoms with Gasteiger partial charge in [-0.15, -0.1) is 13.2 Å². The fourth-order valence-corrected chi connectivity index (χ4v) is 8.17. The molecule has 6 rings (SSSR count). The summed E-state index contributed by atoms with van der Waals surface area (Å²) in [5, 5.41) is 5.48. The van der Waals surface area contributed by atoms with E-state index in [1.165, 1.54) is 6.92 Å². The van der Waals surface area contributed by atoms with E-state index in [0.29, 0.717) is 37.8 Å². The van der Waals surface area contributed by atoms with Crippen LogP contribution in [-0.4, -0.2) is 68.1 Å². The molecule has 3 atom stereocenters. The van der Waals surface area contributed by atoms with E-state index >= 15 is 0 Å². The molecule has 9 heteroatoms. The highest BCUT2D eigenvalue weighted by molar-refractivity contribution is 6.07. The van der Waals surface area contributed by atoms with Crippen molar-refractivity contribution in [3.05, 3.63) is 77.8 Å². The summed E-state index contributed by atoms with van der Waals surface area (Å²) in [5.74, 6) is -0.164. The van der Waals surface area contributed by atoms with Crippen molar-refractivity contribution >= 4 is 39.8 Å². The Bertz CT molecular complexity index is 1820. The van der Waals surface area contributed by atoms with Crippen LogP contribution in [0.2, 0.25) is 0 Å². The van der Waals surface area contributed by atoms with Gasteiger partial charge in [-0.2, -0.15) is 5.10 Å². The van der Waals surface area contributed by atoms with Crippen LogP contribution in [0.5, 0.6) is 0 Å². The topological polar surface area (TPSA) is 105 Å². The van der Waals surface area contributed by atoms with Crippen LogP contribution < -0.4 is 4.90 Å². The number of nitrogens with zero attached hydrogens (tertiary/aromatic N) is 5. The molecule has 0 radical (unpaired) electrons. The summed E-state index contributed by atoms with van der Waals surface area (Å²) in [4.78, 5) is 63.0. The number of piperidine rings is 1. The molecular weight excluding hydrogens is 614 g/mol. The van der Waals surface area contributed by atoms with Crippen molar-refractivity contribution in [3.8, 4) is 0 Å². The summed E-state index contributed by atoms with van der Waals surface area (Å²) < 4.78 is 1.67. The molecule has 2 aromatic heterocycles. The summed E-state index contributed by atoms with van der Waals surface area (Å²) in [6, 6.07) is 7.38. The summed E-state index contributed by atoms with van der Waals surface area (Å²) >= 11 is 0. The second-order valence-corrected chi connectivity index (χ2v) is 14.4. The first-order chi connectivity index (χ1) is 23.5. The molecule has 2 saturated heterocycles. The van der Waals surface area contributed by atoms with Gasteiger partial charge in [0.1, 0.15) is 18.0 Å². The molecule has 3 aliphatic rings. The number of ketones is 3. The maximum absolute atomic E-state index is 14.5. The van der Waals surface area contributed by atoms with Gasteiger partial charge in [0.15, 0.2) is 11.6 Å². The maximum Gasteiger partial charge on any atom is 0.245 e. The predicted octanol–water partition coefficient (Wildman–Crippen LogP) is 6.46. The highest BCUT2D eigenvalue weighted by Crippen LogP contribution is 2.62. The van der Waals surface area contributed by atoms with E-state index in [2.05, 4.69) is 29.1 Å². The number of allylic oxidation sites excluding steroid dienone is 2. The third-order valence-electron chi connectivity index (χ3n) is 10.9. The normalized spacial score (nSPS) is 21.2. The zero-order valence-electron chi connectivity index (χ0n) is 29.3. The van der Waals surface area contributed by atoms with Gasteiger partial charge in [0.2, 0.25) is 5.91 Å². The third-order valence-corrected chi connectivity index (χ3v) is 10.9. The number of carbonyl (C=O) groups excluding carboxylic acids is 4. The minimum atomic E-state index is -0.604. The standard InChI is InChI=1S/C40H49N5O4/c1-6-8-9-13-31(47)16-17-40-23-34(35(48)22-33-26(3)14-15-27(4)41-33)45(36(40)24-40)37(49)25-44-39-29(12-7-2)20-30(43-18-10-11-19-43)21-32(39)38(42-44)28(5)46/h6-7,14-15,20-21,34,36H,1-2,8-13,16-19,22-25H2,3-5H3/t34-,36+,40-/m0/s1. The molecule has 1 aliphatic carbocycles. The van der Waals surface area contributed by atoms with E-state index in [-0.39, 0.29) is 47.7 Å². The van der Waals surface area contributed by atoms with Crippen molar-refractivity contribution in [1.29, 1.82) is 0 Å². The molecule has 49 heavy (non-hydrogen) atoms. The molecule has 0 unspecified atom stereocenters. The summed E-state index contributed by atoms with van der Waals surface area (Å²) in [5.41, 5.74) is 5.41. The second-order valence-electron chi connectivity index (χ2n) is 14.4. The first kappa shape index (κ1) is 34.5. The number of benzene rings is 1. The Morgan fingerprint density at radius 1 is 1.02 bits per heavy atom. The smallest absolute Gasteiger partial charge is 0.245 e. The average Bonchev–Trinajstić information content (AvgIpc) is 3.43. The molecule has 1 saturated carbocycles. The largest absolute Gasteiger partial charge is 0.372 e. The highest BCUT2D eigenvalue weighted by Gasteiger charge is 2.66. The summed E-state index contributed by atoms with van der Waals surface area (Å²) in [6.07, 6.45) is 11.2. The van der Waals surface area contributed by atoms with Gasteiger partial charge in [0.25, 0.3) is 0 Å². The number of amides is 1. The Morgan fingerprint density at radius 2 is 1.80 bits per heavy atom. The molecule has 0 N–H and O–H groups in total. The van der Waals surface area contributed by atoms with Gasteiger partial charge >= 0.3 is 0 Å². The minimum Gasteiger partial charge on any atom is -0.372 e. The number of Topliss-reactive ketones (excluding diaryl/α,β-unsaturated/α-hetero) is 3. The van der Waals surface area contributed by atoms with Gasteiger partial charge < -0.3 is 9.80 Å². The van der Waals surface area contributed by atoms with Gasteiger partial charge in [-0.25, -0.2) is 0 Å². The van der Waals surface area contributed by atoms with Crippen molar-refractivity contribution in [2.24, 2.45) is 5.41 Å². The fraction of sp³-hybridized carbons (Fsp3) is 0.500. The Labute approximate surface area is 289 Å². The summed E-state index contributed by atoms with van der Waals surface area (Å²) in [7, 11) is 0. The van der Waals surface area contributed by atoms with E-state index in [9.17, 15) is 19.2 Å². The number of hydrogen-bond donors (Lipinski definition) is 0. The molecule has 3 aromatic rings. The van der Waals surface area contributed by atoms with Crippen LogP contribution in [0.15, 0.2) is 49.6 Å². The van der Waals surface area contributed by atoms with Crippen molar-refractivity contribution in [2.75, 3.05) is 18.0 Å². The van der Waals surface area contributed by atoms with Crippen LogP contribution in [0.4, 0.5) is 5.69 Å². The molecule has 1 aromatic carbocycles. The Hall–Kier alpha value is -4.40. The number of fused-ring (bicyclic) bond motifs is 2. The Kier molecular flexibility index (Phi) is 10.00. The lowest BCUT2D eigenvalue weighted by molar-refractivity contribution is -0.139. The number of likely N-dealkylation sites (tertiary alicyclic amines) is 1. The van der Waals surface area contributed by atoms with E-state index in [1.807, 2.05) is 44.2 Å². The number of aryl methyl sites for hydroxylation is 2. The number of aromatic nitrogens is 3. The van der Waals surface area contributed by atoms with Gasteiger partial charge in [0, 0.05) is 55.7 Å². The lowest BCUT2D eigenvalue weighted by atomic mass is 9.90. The zero-order valence-corrected chi connectivity index (χ0v) is 29.3. The SMILES string of the molecule is C=CCCCC(=O)CC[C@@]12C[C@@H](C(=O)Cc3nc(C)ccc3C)N(C(=O)Cn3nc(C(C)=O)c4cc(N5CCCC5)cc(CC=C)c43)[C@@H]1C2. The van der Waals surface area contributed by atoms with Gasteiger partial charge in [0.05, 0.1) is 23.7 Å². The number of unbranched alkanes of at least 4 members (excludes halogenated alkanes) is 1. The zero-order chi connectivity index (χ0) is 34.9. The van der Waals surface area contributed by atoms with Crippen molar-refractivity contribution in [3.63, 3.8) is 0 Å². The number of rotatable bonds is 16.